The summed E-state index contributed by atoms with van der Waals surface area (Å²) in [5.41, 5.74) is 3.36. The number of rotatable bonds is 8. The average molecular weight is 594 g/mol. The second-order valence-electron chi connectivity index (χ2n) is 9.45. The van der Waals surface area contributed by atoms with Gasteiger partial charge in [0.15, 0.2) is 0 Å². The standard InChI is InChI=1S/C29H25F2N5O3S2/c1-4-23(37)36-7-5-20-22(15-36)41-29(33-20)27-25(24-19(31)11-17(30)12-21(24)39-9-8-38-3)28-18(6-10-40-28)26(34-27)16-13-32-35(2)14-16/h4,6,10-14H,1,5,7-9,15H2,2-3H3. The van der Waals surface area contributed by atoms with Crippen LogP contribution in [0.5, 0.6) is 5.75 Å². The maximum absolute atomic E-state index is 15.8. The number of methoxy groups -OCH3 is 1. The fourth-order valence-electron chi connectivity index (χ4n) is 4.93. The number of halogens is 2. The highest BCUT2D eigenvalue weighted by Gasteiger charge is 2.29. The molecular weight excluding hydrogens is 568 g/mol. The van der Waals surface area contributed by atoms with E-state index in [1.165, 1.54) is 41.9 Å². The topological polar surface area (TPSA) is 82.4 Å². The minimum Gasteiger partial charge on any atom is -0.490 e. The van der Waals surface area contributed by atoms with Gasteiger partial charge in [0.05, 0.1) is 36.3 Å². The van der Waals surface area contributed by atoms with Crippen LogP contribution in [0.2, 0.25) is 0 Å². The number of hydrogen-bond donors (Lipinski definition) is 0. The summed E-state index contributed by atoms with van der Waals surface area (Å²) in [5, 5.41) is 7.61. The van der Waals surface area contributed by atoms with Crippen molar-refractivity contribution in [2.24, 2.45) is 7.05 Å². The van der Waals surface area contributed by atoms with Crippen molar-refractivity contribution in [1.82, 2.24) is 24.6 Å². The fourth-order valence-corrected chi connectivity index (χ4v) is 7.00. The lowest BCUT2D eigenvalue weighted by molar-refractivity contribution is -0.126. The summed E-state index contributed by atoms with van der Waals surface area (Å²) < 4.78 is 43.7. The van der Waals surface area contributed by atoms with Gasteiger partial charge in [-0.2, -0.15) is 5.10 Å². The summed E-state index contributed by atoms with van der Waals surface area (Å²) in [6, 6.07) is 3.96. The summed E-state index contributed by atoms with van der Waals surface area (Å²) in [4.78, 5) is 25.0. The Morgan fingerprint density at radius 1 is 1.20 bits per heavy atom. The Morgan fingerprint density at radius 3 is 2.80 bits per heavy atom. The zero-order valence-corrected chi connectivity index (χ0v) is 24.0. The van der Waals surface area contributed by atoms with Crippen molar-refractivity contribution in [3.05, 3.63) is 70.8 Å². The third-order valence-corrected chi connectivity index (χ3v) is 8.84. The molecule has 12 heteroatoms. The zero-order chi connectivity index (χ0) is 28.7. The van der Waals surface area contributed by atoms with Crippen LogP contribution in [-0.2, 0) is 29.5 Å². The molecule has 0 spiro atoms. The van der Waals surface area contributed by atoms with Gasteiger partial charge in [0.25, 0.3) is 0 Å². The molecule has 1 aliphatic heterocycles. The first-order chi connectivity index (χ1) is 19.9. The second kappa shape index (κ2) is 11.1. The Labute approximate surface area is 242 Å². The summed E-state index contributed by atoms with van der Waals surface area (Å²) >= 11 is 2.84. The molecule has 4 aromatic heterocycles. The van der Waals surface area contributed by atoms with Crippen LogP contribution in [0.4, 0.5) is 8.78 Å². The molecule has 41 heavy (non-hydrogen) atoms. The predicted molar refractivity (Wildman–Crippen MR) is 155 cm³/mol. The molecule has 210 valence electrons. The largest absolute Gasteiger partial charge is 0.490 e. The van der Waals surface area contributed by atoms with Gasteiger partial charge in [-0.25, -0.2) is 18.7 Å². The van der Waals surface area contributed by atoms with Gasteiger partial charge in [0.1, 0.15) is 34.7 Å². The number of amides is 1. The Morgan fingerprint density at radius 2 is 2.05 bits per heavy atom. The number of aryl methyl sites for hydroxylation is 1. The van der Waals surface area contributed by atoms with Gasteiger partial charge in [0.2, 0.25) is 5.91 Å². The maximum Gasteiger partial charge on any atom is 0.246 e. The fraction of sp³-hybridized carbons (Fsp3) is 0.241. The van der Waals surface area contributed by atoms with Gasteiger partial charge in [-0.05, 0) is 17.5 Å². The molecule has 6 rings (SSSR count). The number of pyridine rings is 1. The van der Waals surface area contributed by atoms with Crippen LogP contribution in [0.3, 0.4) is 0 Å². The number of benzene rings is 1. The highest BCUT2D eigenvalue weighted by Crippen LogP contribution is 2.48. The molecule has 0 saturated heterocycles. The van der Waals surface area contributed by atoms with Gasteiger partial charge in [-0.1, -0.05) is 6.58 Å². The van der Waals surface area contributed by atoms with Crippen LogP contribution < -0.4 is 4.74 Å². The first-order valence-electron chi connectivity index (χ1n) is 12.8. The molecule has 0 saturated carbocycles. The van der Waals surface area contributed by atoms with E-state index < -0.39 is 11.6 Å². The molecule has 0 unspecified atom stereocenters. The van der Waals surface area contributed by atoms with Crippen molar-refractivity contribution >= 4 is 38.7 Å². The molecule has 1 amide bonds. The number of fused-ring (bicyclic) bond motifs is 2. The Hall–Kier alpha value is -4.00. The SMILES string of the molecule is C=CC(=O)N1CCc2nc(-c3nc(-c4cnn(C)c4)c4ccsc4c3-c3c(F)cc(F)cc3OCCOC)sc2C1. The molecular formula is C29H25F2N5O3S2. The van der Waals surface area contributed by atoms with Crippen LogP contribution in [0, 0.1) is 11.6 Å². The summed E-state index contributed by atoms with van der Waals surface area (Å²) in [6.07, 6.45) is 5.48. The van der Waals surface area contributed by atoms with Crippen LogP contribution in [0.1, 0.15) is 10.6 Å². The van der Waals surface area contributed by atoms with Crippen molar-refractivity contribution in [3.63, 3.8) is 0 Å². The number of hydrogen-bond acceptors (Lipinski definition) is 8. The van der Waals surface area contributed by atoms with E-state index in [9.17, 15) is 9.18 Å². The lowest BCUT2D eigenvalue weighted by atomic mass is 9.98. The highest BCUT2D eigenvalue weighted by atomic mass is 32.1. The van der Waals surface area contributed by atoms with Crippen molar-refractivity contribution in [2.75, 3.05) is 26.9 Å². The quantitative estimate of drug-likeness (QED) is 0.166. The van der Waals surface area contributed by atoms with E-state index in [2.05, 4.69) is 11.7 Å². The maximum atomic E-state index is 15.8. The molecule has 0 aliphatic carbocycles. The Kier molecular flexibility index (Phi) is 7.37. The smallest absolute Gasteiger partial charge is 0.246 e. The van der Waals surface area contributed by atoms with Gasteiger partial charge >= 0.3 is 0 Å². The number of aromatic nitrogens is 4. The molecule has 0 atom stereocenters. The minimum absolute atomic E-state index is 0.0514. The summed E-state index contributed by atoms with van der Waals surface area (Å²) in [6.45, 7) is 4.88. The van der Waals surface area contributed by atoms with Gasteiger partial charge in [0, 0.05) is 71.5 Å². The molecule has 8 nitrogen and oxygen atoms in total. The van der Waals surface area contributed by atoms with Gasteiger partial charge in [-0.3, -0.25) is 9.48 Å². The van der Waals surface area contributed by atoms with E-state index in [1.807, 2.05) is 24.7 Å². The van der Waals surface area contributed by atoms with E-state index in [0.717, 1.165) is 32.3 Å². The second-order valence-corrected chi connectivity index (χ2v) is 11.5. The molecule has 0 bridgehead atoms. The van der Waals surface area contributed by atoms with Gasteiger partial charge in [-0.15, -0.1) is 22.7 Å². The van der Waals surface area contributed by atoms with Crippen molar-refractivity contribution in [1.29, 1.82) is 0 Å². The van der Waals surface area contributed by atoms with Crippen LogP contribution in [0.25, 0.3) is 43.2 Å². The minimum atomic E-state index is -0.770. The average Bonchev–Trinajstić information content (AvgIpc) is 3.71. The number of ether oxygens (including phenoxy) is 2. The lowest BCUT2D eigenvalue weighted by Gasteiger charge is -2.24. The zero-order valence-electron chi connectivity index (χ0n) is 22.3. The number of nitrogens with zero attached hydrogens (tertiary/aromatic N) is 5. The lowest BCUT2D eigenvalue weighted by Crippen LogP contribution is -2.34. The Balaban J connectivity index is 1.61. The van der Waals surface area contributed by atoms with Crippen LogP contribution >= 0.6 is 22.7 Å². The van der Waals surface area contributed by atoms with E-state index in [4.69, 9.17) is 19.4 Å². The van der Waals surface area contributed by atoms with E-state index in [-0.39, 0.29) is 30.4 Å². The molecule has 0 N–H and O–H groups in total. The summed E-state index contributed by atoms with van der Waals surface area (Å²) in [7, 11) is 3.35. The molecule has 0 radical (unpaired) electrons. The number of carbonyl (C=O) groups is 1. The summed E-state index contributed by atoms with van der Waals surface area (Å²) in [5.74, 6) is -1.61. The van der Waals surface area contributed by atoms with Crippen molar-refractivity contribution in [3.8, 4) is 38.8 Å². The van der Waals surface area contributed by atoms with E-state index in [0.29, 0.717) is 41.5 Å². The normalized spacial score (nSPS) is 13.0. The number of carbonyl (C=O) groups excluding carboxylic acids is 1. The third kappa shape index (κ3) is 5.03. The van der Waals surface area contributed by atoms with Crippen molar-refractivity contribution in [2.45, 2.75) is 13.0 Å². The predicted octanol–water partition coefficient (Wildman–Crippen LogP) is 5.86. The first-order valence-corrected chi connectivity index (χ1v) is 14.5. The number of thiophene rings is 1. The van der Waals surface area contributed by atoms with Crippen LogP contribution in [-0.4, -0.2) is 57.4 Å². The highest BCUT2D eigenvalue weighted by molar-refractivity contribution is 7.18. The third-order valence-electron chi connectivity index (χ3n) is 6.82. The number of thiazole rings is 1. The molecule has 5 aromatic rings. The molecule has 1 aliphatic rings. The van der Waals surface area contributed by atoms with Crippen LogP contribution in [0.15, 0.2) is 48.6 Å². The molecule has 5 heterocycles. The van der Waals surface area contributed by atoms with Crippen molar-refractivity contribution < 1.29 is 23.0 Å². The van der Waals surface area contributed by atoms with E-state index in [1.54, 1.807) is 15.8 Å². The monoisotopic (exact) mass is 593 g/mol. The van der Waals surface area contributed by atoms with Gasteiger partial charge < -0.3 is 14.4 Å². The van der Waals surface area contributed by atoms with E-state index >= 15 is 4.39 Å². The molecule has 1 aromatic carbocycles. The molecule has 0 fully saturated rings. The first kappa shape index (κ1) is 27.2. The Bertz CT molecular complexity index is 1790.